The van der Waals surface area contributed by atoms with Crippen molar-refractivity contribution >= 4 is 22.9 Å². The summed E-state index contributed by atoms with van der Waals surface area (Å²) in [7, 11) is 1.56. The Morgan fingerprint density at radius 2 is 1.94 bits per heavy atom. The van der Waals surface area contributed by atoms with Crippen LogP contribution in [0.25, 0.3) is 11.0 Å². The van der Waals surface area contributed by atoms with E-state index in [9.17, 15) is 14.4 Å². The second kappa shape index (κ2) is 9.86. The molecule has 0 unspecified atom stereocenters. The van der Waals surface area contributed by atoms with E-state index in [0.29, 0.717) is 11.5 Å². The van der Waals surface area contributed by atoms with Crippen LogP contribution in [-0.4, -0.2) is 50.4 Å². The number of hydrogen-bond donors (Lipinski definition) is 3. The largest absolute Gasteiger partial charge is 0.497 e. The van der Waals surface area contributed by atoms with Gasteiger partial charge in [-0.1, -0.05) is 12.1 Å². The summed E-state index contributed by atoms with van der Waals surface area (Å²) in [6.07, 6.45) is 1.41. The van der Waals surface area contributed by atoms with Crippen LogP contribution >= 0.6 is 0 Å². The number of nitrogens with one attached hydrogen (secondary N) is 2. The van der Waals surface area contributed by atoms with Gasteiger partial charge in [0.2, 0.25) is 0 Å². The van der Waals surface area contributed by atoms with Crippen LogP contribution in [0.4, 0.5) is 0 Å². The zero-order chi connectivity index (χ0) is 24.1. The number of H-pyrrole nitrogens is 1. The van der Waals surface area contributed by atoms with Crippen molar-refractivity contribution in [3.63, 3.8) is 0 Å². The second-order valence-corrected chi connectivity index (χ2v) is 7.23. The molecule has 11 nitrogen and oxygen atoms in total. The number of carboxylic acid groups (broad SMARTS) is 1. The van der Waals surface area contributed by atoms with Gasteiger partial charge in [0.25, 0.3) is 11.5 Å². The molecule has 1 amide bonds. The number of carboxylic acids is 1. The van der Waals surface area contributed by atoms with Crippen LogP contribution < -0.4 is 20.3 Å². The Balaban J connectivity index is 1.40. The molecule has 3 N–H and O–H groups in total. The van der Waals surface area contributed by atoms with Crippen LogP contribution in [-0.2, 0) is 13.1 Å². The molecule has 0 bridgehead atoms. The number of aromatic nitrogens is 4. The Morgan fingerprint density at radius 1 is 1.15 bits per heavy atom. The average Bonchev–Trinajstić information content (AvgIpc) is 3.26. The summed E-state index contributed by atoms with van der Waals surface area (Å²) in [6.45, 7) is 0.670. The topological polar surface area (TPSA) is 148 Å². The number of amides is 1. The van der Waals surface area contributed by atoms with E-state index in [2.05, 4.69) is 20.4 Å². The number of nitrogens with zero attached hydrogens (tertiary/aromatic N) is 3. The minimum atomic E-state index is -1.02. The molecule has 0 fully saturated rings. The Bertz CT molecular complexity index is 1390. The normalized spacial score (nSPS) is 10.7. The molecule has 0 radical (unpaired) electrons. The lowest BCUT2D eigenvalue weighted by molar-refractivity contribution is 0.0696. The van der Waals surface area contributed by atoms with Gasteiger partial charge in [-0.15, -0.1) is 0 Å². The number of hydrogen-bond acceptors (Lipinski definition) is 7. The van der Waals surface area contributed by atoms with E-state index in [4.69, 9.17) is 14.6 Å². The summed E-state index contributed by atoms with van der Waals surface area (Å²) in [4.78, 5) is 42.8. The molecule has 0 saturated carbocycles. The predicted molar refractivity (Wildman–Crippen MR) is 121 cm³/mol. The van der Waals surface area contributed by atoms with Gasteiger partial charge in [0.05, 0.1) is 25.4 Å². The van der Waals surface area contributed by atoms with Crippen molar-refractivity contribution in [1.82, 2.24) is 25.1 Å². The van der Waals surface area contributed by atoms with E-state index in [1.807, 2.05) is 12.1 Å². The molecule has 4 rings (SSSR count). The fraction of sp³-hybridized carbons (Fsp3) is 0.174. The van der Waals surface area contributed by atoms with Crippen molar-refractivity contribution in [3.05, 3.63) is 82.0 Å². The third kappa shape index (κ3) is 5.04. The van der Waals surface area contributed by atoms with Crippen molar-refractivity contribution in [2.75, 3.05) is 13.7 Å². The summed E-state index contributed by atoms with van der Waals surface area (Å²) in [5.41, 5.74) is 0.989. The first kappa shape index (κ1) is 22.5. The molecule has 0 aliphatic carbocycles. The van der Waals surface area contributed by atoms with Gasteiger partial charge >= 0.3 is 5.97 Å². The molecule has 0 atom stereocenters. The number of carbonyl (C=O) groups is 2. The number of rotatable bonds is 9. The van der Waals surface area contributed by atoms with Gasteiger partial charge in [0.15, 0.2) is 11.3 Å². The highest BCUT2D eigenvalue weighted by molar-refractivity contribution is 5.92. The van der Waals surface area contributed by atoms with Gasteiger partial charge in [0.1, 0.15) is 23.6 Å². The van der Waals surface area contributed by atoms with Crippen LogP contribution in [0.15, 0.2) is 59.5 Å². The van der Waals surface area contributed by atoms with E-state index in [1.54, 1.807) is 31.4 Å². The summed E-state index contributed by atoms with van der Waals surface area (Å²) in [5, 5.41) is 15.8. The average molecular weight is 463 g/mol. The lowest BCUT2D eigenvalue weighted by atomic mass is 10.2. The maximum absolute atomic E-state index is 12.6. The van der Waals surface area contributed by atoms with Gasteiger partial charge in [0, 0.05) is 6.54 Å². The monoisotopic (exact) mass is 463 g/mol. The predicted octanol–water partition coefficient (Wildman–Crippen LogP) is 1.84. The summed E-state index contributed by atoms with van der Waals surface area (Å²) in [6, 6.07) is 13.2. The SMILES string of the molecule is COc1cccc(CNC(=O)c2nc3cnn(CCOc4ccc(C(=O)O)cc4)c3c(=O)[nH]2)c1. The van der Waals surface area contributed by atoms with Crippen LogP contribution in [0.1, 0.15) is 26.5 Å². The zero-order valence-electron chi connectivity index (χ0n) is 18.1. The highest BCUT2D eigenvalue weighted by atomic mass is 16.5. The van der Waals surface area contributed by atoms with Crippen LogP contribution in [0.5, 0.6) is 11.5 Å². The lowest BCUT2D eigenvalue weighted by Gasteiger charge is -2.08. The van der Waals surface area contributed by atoms with Gasteiger partial charge < -0.3 is 24.9 Å². The number of methoxy groups -OCH3 is 1. The van der Waals surface area contributed by atoms with Crippen molar-refractivity contribution in [2.45, 2.75) is 13.1 Å². The minimum Gasteiger partial charge on any atom is -0.497 e. The van der Waals surface area contributed by atoms with Crippen LogP contribution in [0.2, 0.25) is 0 Å². The molecule has 0 aliphatic heterocycles. The number of benzene rings is 2. The maximum atomic E-state index is 12.6. The standard InChI is InChI=1S/C23H21N5O6/c1-33-17-4-2-3-14(11-17)12-24-22(30)20-26-18-13-25-28(19(18)21(29)27-20)9-10-34-16-7-5-15(6-8-16)23(31)32/h2-8,11,13H,9-10,12H2,1H3,(H,24,30)(H,31,32)(H,26,27,29). The van der Waals surface area contributed by atoms with Crippen LogP contribution in [0.3, 0.4) is 0 Å². The van der Waals surface area contributed by atoms with E-state index >= 15 is 0 Å². The van der Waals surface area contributed by atoms with Crippen molar-refractivity contribution in [3.8, 4) is 11.5 Å². The Kier molecular flexibility index (Phi) is 6.53. The first-order valence-corrected chi connectivity index (χ1v) is 10.3. The van der Waals surface area contributed by atoms with Crippen molar-refractivity contribution in [2.24, 2.45) is 0 Å². The van der Waals surface area contributed by atoms with Gasteiger partial charge in [-0.2, -0.15) is 5.10 Å². The third-order valence-electron chi connectivity index (χ3n) is 4.97. The summed E-state index contributed by atoms with van der Waals surface area (Å²) >= 11 is 0. The fourth-order valence-corrected chi connectivity index (χ4v) is 3.28. The molecule has 11 heteroatoms. The molecule has 0 spiro atoms. The van der Waals surface area contributed by atoms with E-state index < -0.39 is 17.4 Å². The van der Waals surface area contributed by atoms with E-state index in [1.165, 1.54) is 23.0 Å². The van der Waals surface area contributed by atoms with E-state index in [0.717, 1.165) is 5.56 Å². The van der Waals surface area contributed by atoms with Crippen molar-refractivity contribution < 1.29 is 24.2 Å². The minimum absolute atomic E-state index is 0.116. The lowest BCUT2D eigenvalue weighted by Crippen LogP contribution is -2.28. The fourth-order valence-electron chi connectivity index (χ4n) is 3.28. The smallest absolute Gasteiger partial charge is 0.335 e. The quantitative estimate of drug-likeness (QED) is 0.340. The first-order chi connectivity index (χ1) is 16.4. The molecule has 2 heterocycles. The molecule has 2 aromatic heterocycles. The molecule has 0 aliphatic rings. The Morgan fingerprint density at radius 3 is 2.68 bits per heavy atom. The first-order valence-electron chi connectivity index (χ1n) is 10.3. The molecular formula is C23H21N5O6. The van der Waals surface area contributed by atoms with Gasteiger partial charge in [-0.3, -0.25) is 14.3 Å². The maximum Gasteiger partial charge on any atom is 0.335 e. The number of fused-ring (bicyclic) bond motifs is 1. The summed E-state index contributed by atoms with van der Waals surface area (Å²) in [5.74, 6) is -0.496. The molecule has 174 valence electrons. The molecular weight excluding hydrogens is 442 g/mol. The second-order valence-electron chi connectivity index (χ2n) is 7.23. The molecule has 34 heavy (non-hydrogen) atoms. The number of aromatic amines is 1. The van der Waals surface area contributed by atoms with E-state index in [-0.39, 0.29) is 42.1 Å². The van der Waals surface area contributed by atoms with Crippen molar-refractivity contribution in [1.29, 1.82) is 0 Å². The molecule has 0 saturated heterocycles. The third-order valence-corrected chi connectivity index (χ3v) is 4.97. The number of carbonyl (C=O) groups excluding carboxylic acids is 1. The Hall–Kier alpha value is -4.67. The Labute approximate surface area is 193 Å². The molecule has 2 aromatic carbocycles. The number of ether oxygens (including phenoxy) is 2. The summed E-state index contributed by atoms with van der Waals surface area (Å²) < 4.78 is 12.2. The van der Waals surface area contributed by atoms with Gasteiger partial charge in [-0.05, 0) is 42.0 Å². The van der Waals surface area contributed by atoms with Gasteiger partial charge in [-0.25, -0.2) is 9.78 Å². The zero-order valence-corrected chi connectivity index (χ0v) is 18.1. The molecule has 4 aromatic rings. The van der Waals surface area contributed by atoms with Crippen LogP contribution in [0, 0.1) is 0 Å². The number of aromatic carboxylic acids is 1. The highest BCUT2D eigenvalue weighted by Gasteiger charge is 2.15. The highest BCUT2D eigenvalue weighted by Crippen LogP contribution is 2.14.